The van der Waals surface area contributed by atoms with Crippen molar-refractivity contribution in [2.45, 2.75) is 26.1 Å². The Bertz CT molecular complexity index is 1520. The van der Waals surface area contributed by atoms with Gasteiger partial charge in [-0.15, -0.1) is 0 Å². The van der Waals surface area contributed by atoms with E-state index in [9.17, 15) is 14.7 Å². The summed E-state index contributed by atoms with van der Waals surface area (Å²) in [5.74, 6) is 0. The molecule has 0 aliphatic carbocycles. The second-order valence-electron chi connectivity index (χ2n) is 9.42. The molecule has 1 aromatic heterocycles. The third-order valence-electron chi connectivity index (χ3n) is 6.77. The normalized spacial score (nSPS) is 12.1. The van der Waals surface area contributed by atoms with Gasteiger partial charge in [0.25, 0.3) is 0 Å². The lowest BCUT2D eigenvalue weighted by molar-refractivity contribution is 0.179. The van der Waals surface area contributed by atoms with E-state index in [0.717, 1.165) is 11.0 Å². The summed E-state index contributed by atoms with van der Waals surface area (Å²) in [5.41, 5.74) is 4.85. The fraction of sp³-hybridized carbons (Fsp3) is 0.161. The third-order valence-corrected chi connectivity index (χ3v) is 6.77. The summed E-state index contributed by atoms with van der Waals surface area (Å²) in [5, 5.41) is 10.1. The molecule has 2 N–H and O–H groups in total. The second kappa shape index (κ2) is 11.2. The molecule has 0 spiro atoms. The highest BCUT2D eigenvalue weighted by atomic mass is 16.4. The molecular weight excluding hydrogens is 476 g/mol. The van der Waals surface area contributed by atoms with Crippen LogP contribution in [0.2, 0.25) is 0 Å². The number of hydrogen-bond acceptors (Lipinski definition) is 3. The molecule has 7 heteroatoms. The molecule has 4 aromatic carbocycles. The van der Waals surface area contributed by atoms with Crippen molar-refractivity contribution in [2.24, 2.45) is 0 Å². The van der Waals surface area contributed by atoms with Gasteiger partial charge in [-0.25, -0.2) is 9.59 Å². The van der Waals surface area contributed by atoms with Gasteiger partial charge in [0.15, 0.2) is 0 Å². The van der Waals surface area contributed by atoms with Crippen molar-refractivity contribution in [2.75, 3.05) is 11.4 Å². The zero-order valence-corrected chi connectivity index (χ0v) is 21.2. The number of fused-ring (bicyclic) bond motifs is 1. The number of H-pyrrole nitrogens is 1. The first-order valence-corrected chi connectivity index (χ1v) is 12.6. The number of anilines is 1. The molecule has 0 saturated heterocycles. The van der Waals surface area contributed by atoms with E-state index in [1.165, 1.54) is 16.0 Å². The lowest BCUT2D eigenvalue weighted by Gasteiger charge is -2.33. The zero-order chi connectivity index (χ0) is 26.5. The van der Waals surface area contributed by atoms with Crippen LogP contribution in [-0.4, -0.2) is 38.2 Å². The Morgan fingerprint density at radius 1 is 0.816 bits per heavy atom. The molecule has 5 aromatic rings. The molecule has 1 unspecified atom stereocenters. The Labute approximate surface area is 221 Å². The van der Waals surface area contributed by atoms with E-state index in [1.54, 1.807) is 28.8 Å². The minimum Gasteiger partial charge on any atom is -0.465 e. The number of imidazole rings is 1. The Kier molecular flexibility index (Phi) is 7.38. The minimum atomic E-state index is -1.02. The first-order valence-electron chi connectivity index (χ1n) is 12.6. The molecule has 192 valence electrons. The maximum Gasteiger partial charge on any atom is 0.411 e. The summed E-state index contributed by atoms with van der Waals surface area (Å²) < 4.78 is 1.59. The van der Waals surface area contributed by atoms with E-state index >= 15 is 0 Å². The van der Waals surface area contributed by atoms with E-state index in [4.69, 9.17) is 0 Å². The molecule has 1 heterocycles. The molecule has 0 fully saturated rings. The summed E-state index contributed by atoms with van der Waals surface area (Å²) in [6.07, 6.45) is -1.02. The van der Waals surface area contributed by atoms with Crippen LogP contribution in [0.5, 0.6) is 0 Å². The van der Waals surface area contributed by atoms with Gasteiger partial charge in [-0.2, -0.15) is 0 Å². The third kappa shape index (κ3) is 5.53. The smallest absolute Gasteiger partial charge is 0.411 e. The maximum absolute atomic E-state index is 12.6. The van der Waals surface area contributed by atoms with Gasteiger partial charge in [-0.3, -0.25) is 14.4 Å². The van der Waals surface area contributed by atoms with Crippen LogP contribution in [0.15, 0.2) is 114 Å². The number of benzene rings is 4. The largest absolute Gasteiger partial charge is 0.465 e. The average molecular weight is 507 g/mol. The van der Waals surface area contributed by atoms with Gasteiger partial charge in [0.05, 0.1) is 16.7 Å². The van der Waals surface area contributed by atoms with Crippen LogP contribution in [0.1, 0.15) is 18.1 Å². The van der Waals surface area contributed by atoms with Crippen LogP contribution in [0.4, 0.5) is 10.5 Å². The molecular formula is C31H30N4O3. The van der Waals surface area contributed by atoms with Crippen molar-refractivity contribution >= 4 is 22.8 Å². The SMILES string of the molecule is CC(CN(C(=O)O)c1ccc(-n2c(=O)[nH]c3ccccc32)cc1)N(Cc1ccccc1)Cc1ccccc1. The van der Waals surface area contributed by atoms with Crippen molar-refractivity contribution < 1.29 is 9.90 Å². The number of hydrogen-bond donors (Lipinski definition) is 2. The molecule has 0 aliphatic heterocycles. The molecule has 5 rings (SSSR count). The first kappa shape index (κ1) is 25.0. The van der Waals surface area contributed by atoms with Crippen LogP contribution in [-0.2, 0) is 13.1 Å². The lowest BCUT2D eigenvalue weighted by Crippen LogP contribution is -2.43. The summed E-state index contributed by atoms with van der Waals surface area (Å²) in [6, 6.07) is 34.9. The molecule has 7 nitrogen and oxygen atoms in total. The molecule has 0 aliphatic rings. The van der Waals surface area contributed by atoms with Crippen molar-refractivity contribution in [3.8, 4) is 5.69 Å². The van der Waals surface area contributed by atoms with Crippen molar-refractivity contribution in [1.29, 1.82) is 0 Å². The number of amides is 1. The van der Waals surface area contributed by atoms with Gasteiger partial charge < -0.3 is 10.1 Å². The highest BCUT2D eigenvalue weighted by molar-refractivity contribution is 5.86. The maximum atomic E-state index is 12.6. The first-order chi connectivity index (χ1) is 18.5. The van der Waals surface area contributed by atoms with Crippen molar-refractivity contribution in [3.05, 3.63) is 131 Å². The molecule has 1 atom stereocenters. The summed E-state index contributed by atoms with van der Waals surface area (Å²) >= 11 is 0. The van der Waals surface area contributed by atoms with Crippen LogP contribution >= 0.6 is 0 Å². The predicted octanol–water partition coefficient (Wildman–Crippen LogP) is 5.89. The highest BCUT2D eigenvalue weighted by Gasteiger charge is 2.23. The number of carboxylic acid groups (broad SMARTS) is 1. The second-order valence-corrected chi connectivity index (χ2v) is 9.42. The van der Waals surface area contributed by atoms with Gasteiger partial charge in [-0.1, -0.05) is 72.8 Å². The van der Waals surface area contributed by atoms with Gasteiger partial charge in [-0.05, 0) is 54.4 Å². The topological polar surface area (TPSA) is 81.6 Å². The molecule has 1 amide bonds. The van der Waals surface area contributed by atoms with Gasteiger partial charge in [0.2, 0.25) is 0 Å². The number of carbonyl (C=O) groups is 1. The minimum absolute atomic E-state index is 0.0672. The Hall–Kier alpha value is -4.62. The predicted molar refractivity (Wildman–Crippen MR) is 151 cm³/mol. The van der Waals surface area contributed by atoms with E-state index in [-0.39, 0.29) is 11.7 Å². The highest BCUT2D eigenvalue weighted by Crippen LogP contribution is 2.22. The van der Waals surface area contributed by atoms with E-state index < -0.39 is 6.09 Å². The van der Waals surface area contributed by atoms with E-state index in [2.05, 4.69) is 41.1 Å². The lowest BCUT2D eigenvalue weighted by atomic mass is 10.1. The standard InChI is InChI=1S/C31H30N4O3/c1-23(33(21-24-10-4-2-5-11-24)22-25-12-6-3-7-13-25)20-34(31(37)38)26-16-18-27(19-17-26)35-29-15-9-8-14-28(29)32-30(35)36/h2-19,23H,20-22H2,1H3,(H,32,36)(H,37,38). The van der Waals surface area contributed by atoms with Crippen LogP contribution in [0.25, 0.3) is 16.7 Å². The number of nitrogens with one attached hydrogen (secondary N) is 1. The molecule has 0 saturated carbocycles. The van der Waals surface area contributed by atoms with Gasteiger partial charge in [0.1, 0.15) is 0 Å². The monoisotopic (exact) mass is 506 g/mol. The zero-order valence-electron chi connectivity index (χ0n) is 21.2. The molecule has 0 bridgehead atoms. The van der Waals surface area contributed by atoms with Crippen LogP contribution < -0.4 is 10.6 Å². The Morgan fingerprint density at radius 3 is 1.95 bits per heavy atom. The number of rotatable bonds is 9. The van der Waals surface area contributed by atoms with Crippen LogP contribution in [0.3, 0.4) is 0 Å². The van der Waals surface area contributed by atoms with Gasteiger partial charge in [0, 0.05) is 31.4 Å². The van der Waals surface area contributed by atoms with E-state index in [0.29, 0.717) is 31.0 Å². The fourth-order valence-corrected chi connectivity index (χ4v) is 4.77. The average Bonchev–Trinajstić information content (AvgIpc) is 3.28. The fourth-order valence-electron chi connectivity index (χ4n) is 4.77. The molecule has 38 heavy (non-hydrogen) atoms. The van der Waals surface area contributed by atoms with E-state index in [1.807, 2.05) is 60.7 Å². The Balaban J connectivity index is 1.39. The van der Waals surface area contributed by atoms with Gasteiger partial charge >= 0.3 is 11.8 Å². The Morgan fingerprint density at radius 2 is 1.37 bits per heavy atom. The summed E-state index contributed by atoms with van der Waals surface area (Å²) in [7, 11) is 0. The quantitative estimate of drug-likeness (QED) is 0.261. The number of aromatic amines is 1. The van der Waals surface area contributed by atoms with Crippen molar-refractivity contribution in [3.63, 3.8) is 0 Å². The summed E-state index contributed by atoms with van der Waals surface area (Å²) in [4.78, 5) is 31.5. The van der Waals surface area contributed by atoms with Crippen LogP contribution in [0, 0.1) is 0 Å². The molecule has 0 radical (unpaired) electrons. The number of nitrogens with zero attached hydrogens (tertiary/aromatic N) is 3. The number of para-hydroxylation sites is 2. The summed E-state index contributed by atoms with van der Waals surface area (Å²) in [6.45, 7) is 3.75. The number of aromatic nitrogens is 2. The van der Waals surface area contributed by atoms with Crippen molar-refractivity contribution in [1.82, 2.24) is 14.5 Å².